The third kappa shape index (κ3) is 2.98. The van der Waals surface area contributed by atoms with Crippen LogP contribution in [0.1, 0.15) is 46.0 Å². The Bertz CT molecular complexity index is 123. The highest BCUT2D eigenvalue weighted by Crippen LogP contribution is 2.28. The van der Waals surface area contributed by atoms with Crippen molar-refractivity contribution >= 4 is 0 Å². The molecule has 0 amide bonds. The molecule has 1 aliphatic rings. The van der Waals surface area contributed by atoms with Gasteiger partial charge in [0, 0.05) is 6.04 Å². The molecule has 0 bridgehead atoms. The molecule has 0 aromatic heterocycles. The topological polar surface area (TPSA) is 3.24 Å². The van der Waals surface area contributed by atoms with E-state index in [4.69, 9.17) is 0 Å². The lowest BCUT2D eigenvalue weighted by molar-refractivity contribution is 0.160. The third-order valence-corrected chi connectivity index (χ3v) is 3.48. The molecule has 0 spiro atoms. The summed E-state index contributed by atoms with van der Waals surface area (Å²) in [6, 6.07) is 0.565. The molecule has 0 aromatic rings. The maximum Gasteiger partial charge on any atom is 0.0124 e. The molecule has 1 aliphatic carbocycles. The second-order valence-electron chi connectivity index (χ2n) is 4.19. The van der Waals surface area contributed by atoms with Crippen molar-refractivity contribution in [3.63, 3.8) is 0 Å². The predicted molar refractivity (Wildman–Crippen MR) is 58.6 cm³/mol. The Morgan fingerprint density at radius 3 is 2.15 bits per heavy atom. The van der Waals surface area contributed by atoms with Gasteiger partial charge >= 0.3 is 0 Å². The molecule has 1 heteroatoms. The van der Waals surface area contributed by atoms with E-state index in [0.717, 1.165) is 19.0 Å². The van der Waals surface area contributed by atoms with Crippen LogP contribution in [0.5, 0.6) is 0 Å². The first-order chi connectivity index (χ1) is 6.29. The summed E-state index contributed by atoms with van der Waals surface area (Å²) in [7, 11) is 0. The van der Waals surface area contributed by atoms with Gasteiger partial charge in [-0.3, -0.25) is 0 Å². The zero-order chi connectivity index (χ0) is 9.68. The third-order valence-electron chi connectivity index (χ3n) is 3.48. The van der Waals surface area contributed by atoms with E-state index in [1.807, 2.05) is 0 Å². The van der Waals surface area contributed by atoms with E-state index in [2.05, 4.69) is 25.7 Å². The first-order valence-electron chi connectivity index (χ1n) is 5.86. The highest BCUT2D eigenvalue weighted by molar-refractivity contribution is 4.82. The maximum absolute atomic E-state index is 4.33. The van der Waals surface area contributed by atoms with Crippen molar-refractivity contribution in [3.05, 3.63) is 6.92 Å². The van der Waals surface area contributed by atoms with Gasteiger partial charge in [0.15, 0.2) is 0 Å². The number of nitrogens with zero attached hydrogens (tertiary/aromatic N) is 1. The molecule has 1 radical (unpaired) electrons. The Hall–Kier alpha value is -0.0400. The summed E-state index contributed by atoms with van der Waals surface area (Å²) >= 11 is 0. The van der Waals surface area contributed by atoms with Crippen molar-refractivity contribution in [2.24, 2.45) is 5.92 Å². The quantitative estimate of drug-likeness (QED) is 0.645. The van der Waals surface area contributed by atoms with Crippen molar-refractivity contribution in [2.45, 2.75) is 52.0 Å². The Balaban J connectivity index is 2.38. The minimum absolute atomic E-state index is 0.565. The molecular formula is C12H24N. The van der Waals surface area contributed by atoms with Crippen LogP contribution in [0.25, 0.3) is 0 Å². The molecule has 0 saturated heterocycles. The Labute approximate surface area is 83.5 Å². The summed E-state index contributed by atoms with van der Waals surface area (Å²) in [5.41, 5.74) is 0. The lowest BCUT2D eigenvalue weighted by atomic mass is 9.84. The van der Waals surface area contributed by atoms with Gasteiger partial charge in [0.25, 0.3) is 0 Å². The lowest BCUT2D eigenvalue weighted by Crippen LogP contribution is -2.39. The van der Waals surface area contributed by atoms with Gasteiger partial charge in [-0.1, -0.05) is 33.1 Å². The van der Waals surface area contributed by atoms with Crippen LogP contribution < -0.4 is 0 Å². The summed E-state index contributed by atoms with van der Waals surface area (Å²) in [6.07, 6.45) is 7.12. The predicted octanol–water partition coefficient (Wildman–Crippen LogP) is 3.11. The minimum atomic E-state index is 0.565. The van der Waals surface area contributed by atoms with Crippen molar-refractivity contribution in [3.8, 4) is 0 Å². The zero-order valence-corrected chi connectivity index (χ0v) is 9.26. The Morgan fingerprint density at radius 2 is 1.69 bits per heavy atom. The van der Waals surface area contributed by atoms with Crippen molar-refractivity contribution in [1.82, 2.24) is 4.90 Å². The van der Waals surface area contributed by atoms with Gasteiger partial charge in [0.1, 0.15) is 0 Å². The fraction of sp³-hybridized carbons (Fsp3) is 0.917. The van der Waals surface area contributed by atoms with Crippen LogP contribution in [0.2, 0.25) is 0 Å². The highest BCUT2D eigenvalue weighted by atomic mass is 15.1. The van der Waals surface area contributed by atoms with E-state index >= 15 is 0 Å². The maximum atomic E-state index is 4.33. The lowest BCUT2D eigenvalue weighted by Gasteiger charge is -2.35. The second kappa shape index (κ2) is 5.64. The SMILES string of the molecule is [CH2]C(C1CCCCC1)N(CC)CC. The molecule has 0 heterocycles. The highest BCUT2D eigenvalue weighted by Gasteiger charge is 2.23. The summed E-state index contributed by atoms with van der Waals surface area (Å²) in [5, 5.41) is 0. The average Bonchev–Trinajstić information content (AvgIpc) is 2.21. The Morgan fingerprint density at radius 1 is 1.15 bits per heavy atom. The van der Waals surface area contributed by atoms with E-state index < -0.39 is 0 Å². The van der Waals surface area contributed by atoms with Gasteiger partial charge in [0.05, 0.1) is 0 Å². The van der Waals surface area contributed by atoms with E-state index in [1.54, 1.807) is 0 Å². The monoisotopic (exact) mass is 182 g/mol. The zero-order valence-electron chi connectivity index (χ0n) is 9.26. The van der Waals surface area contributed by atoms with E-state index in [-0.39, 0.29) is 0 Å². The number of hydrogen-bond acceptors (Lipinski definition) is 1. The largest absolute Gasteiger partial charge is 0.301 e. The minimum Gasteiger partial charge on any atom is -0.301 e. The smallest absolute Gasteiger partial charge is 0.0124 e. The fourth-order valence-electron chi connectivity index (χ4n) is 2.51. The van der Waals surface area contributed by atoms with Crippen LogP contribution in [-0.2, 0) is 0 Å². The van der Waals surface area contributed by atoms with Crippen LogP contribution in [0.4, 0.5) is 0 Å². The molecule has 1 unspecified atom stereocenters. The van der Waals surface area contributed by atoms with Crippen LogP contribution >= 0.6 is 0 Å². The van der Waals surface area contributed by atoms with Crippen molar-refractivity contribution < 1.29 is 0 Å². The summed E-state index contributed by atoms with van der Waals surface area (Å²) in [6.45, 7) is 11.1. The van der Waals surface area contributed by atoms with Gasteiger partial charge in [-0.05, 0) is 38.8 Å². The van der Waals surface area contributed by atoms with E-state index in [1.165, 1.54) is 32.1 Å². The average molecular weight is 182 g/mol. The molecule has 1 atom stereocenters. The molecule has 1 nitrogen and oxygen atoms in total. The van der Waals surface area contributed by atoms with E-state index in [0.29, 0.717) is 6.04 Å². The molecule has 13 heavy (non-hydrogen) atoms. The summed E-state index contributed by atoms with van der Waals surface area (Å²) in [5.74, 6) is 0.869. The van der Waals surface area contributed by atoms with E-state index in [9.17, 15) is 0 Å². The molecule has 1 saturated carbocycles. The van der Waals surface area contributed by atoms with Crippen molar-refractivity contribution in [1.29, 1.82) is 0 Å². The van der Waals surface area contributed by atoms with Crippen LogP contribution in [0.15, 0.2) is 0 Å². The first-order valence-corrected chi connectivity index (χ1v) is 5.86. The number of hydrogen-bond donors (Lipinski definition) is 0. The Kier molecular flexibility index (Phi) is 4.79. The van der Waals surface area contributed by atoms with Gasteiger partial charge in [-0.2, -0.15) is 0 Å². The normalized spacial score (nSPS) is 22.2. The number of rotatable bonds is 4. The van der Waals surface area contributed by atoms with Crippen LogP contribution in [0.3, 0.4) is 0 Å². The van der Waals surface area contributed by atoms with Gasteiger partial charge in [0.2, 0.25) is 0 Å². The van der Waals surface area contributed by atoms with Crippen LogP contribution in [0, 0.1) is 12.8 Å². The molecule has 1 fully saturated rings. The molecule has 1 rings (SSSR count). The van der Waals surface area contributed by atoms with Crippen LogP contribution in [-0.4, -0.2) is 24.0 Å². The van der Waals surface area contributed by atoms with Gasteiger partial charge < -0.3 is 4.90 Å². The van der Waals surface area contributed by atoms with Crippen molar-refractivity contribution in [2.75, 3.05) is 13.1 Å². The van der Waals surface area contributed by atoms with Gasteiger partial charge in [-0.25, -0.2) is 0 Å². The molecular weight excluding hydrogens is 158 g/mol. The summed E-state index contributed by atoms with van der Waals surface area (Å²) in [4.78, 5) is 2.50. The van der Waals surface area contributed by atoms with Gasteiger partial charge in [-0.15, -0.1) is 0 Å². The molecule has 0 N–H and O–H groups in total. The molecule has 0 aliphatic heterocycles. The second-order valence-corrected chi connectivity index (χ2v) is 4.19. The summed E-state index contributed by atoms with van der Waals surface area (Å²) < 4.78 is 0. The first kappa shape index (κ1) is 11.0. The fourth-order valence-corrected chi connectivity index (χ4v) is 2.51. The molecule has 77 valence electrons. The standard InChI is InChI=1S/C12H24N/c1-4-13(5-2)11(3)12-9-7-6-8-10-12/h11-12H,3-10H2,1-2H3. The molecule has 0 aromatic carbocycles.